The summed E-state index contributed by atoms with van der Waals surface area (Å²) >= 11 is 0. The zero-order valence-corrected chi connectivity index (χ0v) is 28.4. The Morgan fingerprint density at radius 2 is 1.84 bits per heavy atom. The largest absolute Gasteiger partial charge is 0.489 e. The first kappa shape index (κ1) is 34.3. The third-order valence-electron chi connectivity index (χ3n) is 9.69. The molecule has 2 aromatic heterocycles. The summed E-state index contributed by atoms with van der Waals surface area (Å²) in [6.07, 6.45) is -0.542. The molecule has 4 atom stereocenters. The van der Waals surface area contributed by atoms with E-state index >= 15 is 0 Å². The number of benzene rings is 2. The van der Waals surface area contributed by atoms with Gasteiger partial charge in [-0.2, -0.15) is 0 Å². The first-order valence-corrected chi connectivity index (χ1v) is 16.7. The van der Waals surface area contributed by atoms with E-state index in [0.717, 1.165) is 27.6 Å². The smallest absolute Gasteiger partial charge is 0.257 e. The summed E-state index contributed by atoms with van der Waals surface area (Å²) in [5.74, 6) is -0.0987. The number of anilines is 1. The van der Waals surface area contributed by atoms with Crippen LogP contribution < -0.4 is 26.7 Å². The molecule has 49 heavy (non-hydrogen) atoms. The normalized spacial score (nSPS) is 19.2. The second-order valence-electron chi connectivity index (χ2n) is 13.2. The highest BCUT2D eigenvalue weighted by atomic mass is 16.6. The molecule has 12 heteroatoms. The molecule has 258 valence electrons. The first-order valence-electron chi connectivity index (χ1n) is 16.7. The number of carbonyl (C=O) groups is 2. The summed E-state index contributed by atoms with van der Waals surface area (Å²) < 4.78 is 13.2. The maximum atomic E-state index is 13.6. The van der Waals surface area contributed by atoms with E-state index in [1.807, 2.05) is 44.2 Å². The Hall–Kier alpha value is -4.62. The molecular weight excluding hydrogens is 626 g/mol. The van der Waals surface area contributed by atoms with Gasteiger partial charge in [0.15, 0.2) is 6.29 Å². The number of aliphatic hydroxyl groups excluding tert-OH is 1. The van der Waals surface area contributed by atoms with E-state index in [-0.39, 0.29) is 36.3 Å². The van der Waals surface area contributed by atoms with Crippen LogP contribution in [-0.4, -0.2) is 50.0 Å². The third-order valence-corrected chi connectivity index (χ3v) is 9.69. The van der Waals surface area contributed by atoms with Gasteiger partial charge in [-0.05, 0) is 73.2 Å². The van der Waals surface area contributed by atoms with Crippen LogP contribution in [-0.2, 0) is 46.1 Å². The molecule has 4 aromatic rings. The van der Waals surface area contributed by atoms with Crippen molar-refractivity contribution >= 4 is 28.4 Å². The molecule has 4 heterocycles. The molecule has 0 bridgehead atoms. The molecule has 0 fully saturated rings. The Balaban J connectivity index is 1.18. The van der Waals surface area contributed by atoms with Crippen LogP contribution in [0.5, 0.6) is 5.75 Å². The Bertz CT molecular complexity index is 1990. The van der Waals surface area contributed by atoms with Gasteiger partial charge in [-0.1, -0.05) is 39.8 Å². The monoisotopic (exact) mass is 669 g/mol. The van der Waals surface area contributed by atoms with Gasteiger partial charge in [0.05, 0.1) is 36.1 Å². The zero-order chi connectivity index (χ0) is 35.2. The molecule has 1 unspecified atom stereocenters. The average Bonchev–Trinajstić information content (AvgIpc) is 3.46. The van der Waals surface area contributed by atoms with Gasteiger partial charge < -0.3 is 40.6 Å². The fourth-order valence-electron chi connectivity index (χ4n) is 6.53. The lowest BCUT2D eigenvalue weighted by molar-refractivity contribution is -0.236. The van der Waals surface area contributed by atoms with Gasteiger partial charge in [-0.3, -0.25) is 14.4 Å². The predicted octanol–water partition coefficient (Wildman–Crippen LogP) is 3.44. The van der Waals surface area contributed by atoms with E-state index < -0.39 is 24.0 Å². The number of hydrogen-bond acceptors (Lipinski definition) is 9. The van der Waals surface area contributed by atoms with E-state index in [1.165, 1.54) is 0 Å². The lowest BCUT2D eigenvalue weighted by atomic mass is 9.85. The number of nitrogens with two attached hydrogens (primary N) is 1. The summed E-state index contributed by atoms with van der Waals surface area (Å²) in [6.45, 7) is 9.68. The van der Waals surface area contributed by atoms with E-state index in [9.17, 15) is 24.6 Å². The summed E-state index contributed by atoms with van der Waals surface area (Å²) in [4.78, 5) is 43.4. The summed E-state index contributed by atoms with van der Waals surface area (Å²) in [5, 5.41) is 28.1. The van der Waals surface area contributed by atoms with Crippen molar-refractivity contribution in [2.24, 2.45) is 11.7 Å². The number of aromatic nitrogens is 2. The van der Waals surface area contributed by atoms with Gasteiger partial charge in [0, 0.05) is 27.8 Å². The van der Waals surface area contributed by atoms with E-state index in [0.29, 0.717) is 53.5 Å². The predicted molar refractivity (Wildman–Crippen MR) is 185 cm³/mol. The van der Waals surface area contributed by atoms with Gasteiger partial charge in [-0.25, -0.2) is 4.98 Å². The molecule has 0 aliphatic carbocycles. The van der Waals surface area contributed by atoms with Gasteiger partial charge in [-0.15, -0.1) is 0 Å². The highest BCUT2D eigenvalue weighted by molar-refractivity contribution is 5.97. The number of carbonyl (C=O) groups excluding carboxylic acids is 2. The number of aryl methyl sites for hydroxylation is 1. The molecule has 0 spiro atoms. The molecule has 2 amide bonds. The van der Waals surface area contributed by atoms with Crippen LogP contribution in [0.15, 0.2) is 53.3 Å². The maximum absolute atomic E-state index is 13.6. The molecule has 0 saturated carbocycles. The number of amides is 2. The number of hydrogen-bond donors (Lipinski definition) is 5. The molecule has 6 rings (SSSR count). The standard InChI is InChI=1S/C37H43N5O7/c1-6-24-25-14-23(48-17-21-8-10-22(11-9-21)40-33(43)20(5)39-34(44)31(38)19(3)4)12-13-29(25)41-32-26(24)16-42-30(32)15-28-27(35(42)45)18-49-36(46)37(28,47)7-2/h8-15,19-20,31,36,46-47H,6-7,16-18,38H2,1-5H3,(H,39,44)(H,40,43)/t20-,31-,36?,37-/m0/s1. The molecule has 12 nitrogen and oxygen atoms in total. The van der Waals surface area contributed by atoms with Crippen LogP contribution in [0, 0.1) is 5.92 Å². The fourth-order valence-corrected chi connectivity index (χ4v) is 6.53. The van der Waals surface area contributed by atoms with E-state index in [4.69, 9.17) is 20.2 Å². The second kappa shape index (κ2) is 13.4. The number of rotatable bonds is 10. The fraction of sp³-hybridized carbons (Fsp3) is 0.405. The quantitative estimate of drug-likeness (QED) is 0.149. The van der Waals surface area contributed by atoms with Crippen LogP contribution in [0.1, 0.15) is 68.9 Å². The van der Waals surface area contributed by atoms with Gasteiger partial charge in [0.2, 0.25) is 11.8 Å². The number of aliphatic hydroxyl groups is 2. The highest BCUT2D eigenvalue weighted by Crippen LogP contribution is 2.41. The summed E-state index contributed by atoms with van der Waals surface area (Å²) in [6, 6.07) is 13.3. The number of nitrogens with one attached hydrogen (secondary N) is 2. The van der Waals surface area contributed by atoms with Crippen LogP contribution in [0.2, 0.25) is 0 Å². The van der Waals surface area contributed by atoms with Crippen molar-refractivity contribution in [3.05, 3.63) is 86.7 Å². The lowest BCUT2D eigenvalue weighted by Crippen LogP contribution is -2.50. The minimum absolute atomic E-state index is 0.0418. The van der Waals surface area contributed by atoms with Gasteiger partial charge in [0.1, 0.15) is 24.0 Å². The molecule has 2 aromatic carbocycles. The van der Waals surface area contributed by atoms with Crippen molar-refractivity contribution in [3.8, 4) is 17.1 Å². The topological polar surface area (TPSA) is 178 Å². The summed E-state index contributed by atoms with van der Waals surface area (Å²) in [5.41, 5.74) is 10.2. The Morgan fingerprint density at radius 3 is 2.51 bits per heavy atom. The van der Waals surface area contributed by atoms with Crippen molar-refractivity contribution in [3.63, 3.8) is 0 Å². The zero-order valence-electron chi connectivity index (χ0n) is 28.4. The van der Waals surface area contributed by atoms with Crippen molar-refractivity contribution in [2.75, 3.05) is 5.32 Å². The number of pyridine rings is 2. The highest BCUT2D eigenvalue weighted by Gasteiger charge is 2.44. The van der Waals surface area contributed by atoms with Crippen molar-refractivity contribution < 1.29 is 29.3 Å². The van der Waals surface area contributed by atoms with Crippen molar-refractivity contribution in [1.29, 1.82) is 0 Å². The second-order valence-corrected chi connectivity index (χ2v) is 13.2. The van der Waals surface area contributed by atoms with E-state index in [1.54, 1.807) is 36.6 Å². The summed E-state index contributed by atoms with van der Waals surface area (Å²) in [7, 11) is 0. The number of nitrogens with zero attached hydrogens (tertiary/aromatic N) is 2. The number of fused-ring (bicyclic) bond motifs is 5. The Labute approximate surface area is 284 Å². The van der Waals surface area contributed by atoms with Crippen LogP contribution in [0.4, 0.5) is 5.69 Å². The average molecular weight is 670 g/mol. The minimum atomic E-state index is -1.68. The third kappa shape index (κ3) is 6.21. The van der Waals surface area contributed by atoms with Crippen molar-refractivity contribution in [2.45, 2.75) is 91.2 Å². The maximum Gasteiger partial charge on any atom is 0.257 e. The minimum Gasteiger partial charge on any atom is -0.489 e. The molecule has 2 aliphatic rings. The molecule has 0 saturated heterocycles. The van der Waals surface area contributed by atoms with E-state index in [2.05, 4.69) is 17.6 Å². The molecule has 6 N–H and O–H groups in total. The van der Waals surface area contributed by atoms with Gasteiger partial charge >= 0.3 is 0 Å². The van der Waals surface area contributed by atoms with Crippen LogP contribution >= 0.6 is 0 Å². The van der Waals surface area contributed by atoms with Crippen LogP contribution in [0.25, 0.3) is 22.3 Å². The van der Waals surface area contributed by atoms with Crippen LogP contribution in [0.3, 0.4) is 0 Å². The molecule has 2 aliphatic heterocycles. The Kier molecular flexibility index (Phi) is 9.34. The molecular formula is C37H43N5O7. The van der Waals surface area contributed by atoms with Gasteiger partial charge in [0.25, 0.3) is 5.56 Å². The first-order chi connectivity index (χ1) is 23.4. The lowest BCUT2D eigenvalue weighted by Gasteiger charge is -2.37. The van der Waals surface area contributed by atoms with Crippen molar-refractivity contribution in [1.82, 2.24) is 14.9 Å². The molecule has 0 radical (unpaired) electrons. The SMILES string of the molecule is CCc1c2c(nc3ccc(OCc4ccc(NC(=O)[C@H](C)NC(=O)[C@@H](N)C(C)C)cc4)cc13)-c1cc3c(c(=O)n1C2)COC(O)[C@]3(O)CC. The Morgan fingerprint density at radius 1 is 1.10 bits per heavy atom. The number of ether oxygens (including phenoxy) is 2.